The lowest BCUT2D eigenvalue weighted by Gasteiger charge is -2.18. The summed E-state index contributed by atoms with van der Waals surface area (Å²) in [5, 5.41) is 4.38. The molecule has 0 saturated carbocycles. The Morgan fingerprint density at radius 2 is 1.69 bits per heavy atom. The van der Waals surface area contributed by atoms with Crippen LogP contribution in [-0.2, 0) is 7.05 Å². The molecule has 0 aliphatic heterocycles. The normalized spacial score (nSPS) is 11.0. The SMILES string of the molecule is COc1ccc(-c2c(Cl)nc(Nc3ccc4c(ccn4C)c3)c(=O)n2-c2ccccc2)cc1OC. The molecule has 176 valence electrons. The van der Waals surface area contributed by atoms with Crippen LogP contribution in [0.5, 0.6) is 11.5 Å². The maximum Gasteiger partial charge on any atom is 0.298 e. The second-order valence-corrected chi connectivity index (χ2v) is 8.33. The van der Waals surface area contributed by atoms with E-state index in [4.69, 9.17) is 21.1 Å². The van der Waals surface area contributed by atoms with Gasteiger partial charge in [0.05, 0.1) is 19.9 Å². The number of ether oxygens (including phenoxy) is 2. The van der Waals surface area contributed by atoms with Crippen LogP contribution in [0.4, 0.5) is 11.5 Å². The fourth-order valence-corrected chi connectivity index (χ4v) is 4.41. The van der Waals surface area contributed by atoms with Gasteiger partial charge >= 0.3 is 0 Å². The first kappa shape index (κ1) is 22.6. The molecular weight excluding hydrogens is 464 g/mol. The van der Waals surface area contributed by atoms with E-state index in [2.05, 4.69) is 10.3 Å². The lowest BCUT2D eigenvalue weighted by Crippen LogP contribution is -2.24. The fraction of sp³-hybridized carbons (Fsp3) is 0.111. The van der Waals surface area contributed by atoms with E-state index in [-0.39, 0.29) is 16.5 Å². The molecule has 0 spiro atoms. The van der Waals surface area contributed by atoms with Crippen molar-refractivity contribution in [1.82, 2.24) is 14.1 Å². The van der Waals surface area contributed by atoms with Gasteiger partial charge in [0.2, 0.25) is 0 Å². The zero-order valence-electron chi connectivity index (χ0n) is 19.4. The Kier molecular flexibility index (Phi) is 5.93. The summed E-state index contributed by atoms with van der Waals surface area (Å²) in [6, 6.07) is 22.6. The second kappa shape index (κ2) is 9.19. The van der Waals surface area contributed by atoms with Crippen LogP contribution < -0.4 is 20.3 Å². The van der Waals surface area contributed by atoms with Crippen LogP contribution in [0.3, 0.4) is 0 Å². The van der Waals surface area contributed by atoms with E-state index in [1.165, 1.54) is 0 Å². The number of aromatic nitrogens is 3. The largest absolute Gasteiger partial charge is 0.493 e. The van der Waals surface area contributed by atoms with Crippen LogP contribution in [0.1, 0.15) is 0 Å². The van der Waals surface area contributed by atoms with Crippen molar-refractivity contribution in [3.63, 3.8) is 0 Å². The quantitative estimate of drug-likeness (QED) is 0.328. The minimum absolute atomic E-state index is 0.123. The molecule has 0 unspecified atom stereocenters. The average Bonchev–Trinajstić information content (AvgIpc) is 3.25. The highest BCUT2D eigenvalue weighted by molar-refractivity contribution is 6.32. The van der Waals surface area contributed by atoms with Crippen molar-refractivity contribution in [1.29, 1.82) is 0 Å². The number of hydrogen-bond donors (Lipinski definition) is 1. The summed E-state index contributed by atoms with van der Waals surface area (Å²) >= 11 is 6.74. The van der Waals surface area contributed by atoms with Crippen LogP contribution in [-0.4, -0.2) is 28.3 Å². The first-order valence-electron chi connectivity index (χ1n) is 10.9. The number of rotatable bonds is 6. The smallest absolute Gasteiger partial charge is 0.298 e. The number of methoxy groups -OCH3 is 2. The average molecular weight is 487 g/mol. The number of hydrogen-bond acceptors (Lipinski definition) is 5. The minimum atomic E-state index is -0.335. The summed E-state index contributed by atoms with van der Waals surface area (Å²) in [6.07, 6.45) is 1.99. The Morgan fingerprint density at radius 3 is 2.43 bits per heavy atom. The zero-order chi connectivity index (χ0) is 24.5. The van der Waals surface area contributed by atoms with Crippen molar-refractivity contribution in [2.45, 2.75) is 0 Å². The Hall–Kier alpha value is -4.23. The number of nitrogens with zero attached hydrogens (tertiary/aromatic N) is 3. The van der Waals surface area contributed by atoms with Crippen LogP contribution in [0, 0.1) is 0 Å². The highest BCUT2D eigenvalue weighted by atomic mass is 35.5. The molecule has 0 amide bonds. The van der Waals surface area contributed by atoms with Gasteiger partial charge in [-0.1, -0.05) is 29.8 Å². The molecule has 0 bridgehead atoms. The summed E-state index contributed by atoms with van der Waals surface area (Å²) in [4.78, 5) is 18.2. The molecule has 0 fully saturated rings. The third-order valence-electron chi connectivity index (χ3n) is 5.85. The molecule has 5 aromatic rings. The summed E-state index contributed by atoms with van der Waals surface area (Å²) < 4.78 is 14.4. The molecule has 0 aliphatic carbocycles. The van der Waals surface area contributed by atoms with Crippen molar-refractivity contribution in [3.8, 4) is 28.4 Å². The van der Waals surface area contributed by atoms with Gasteiger partial charge in [-0.2, -0.15) is 0 Å². The van der Waals surface area contributed by atoms with Crippen LogP contribution in [0.25, 0.3) is 27.8 Å². The van der Waals surface area contributed by atoms with E-state index >= 15 is 0 Å². The maximum atomic E-state index is 13.8. The van der Waals surface area contributed by atoms with Gasteiger partial charge in [-0.05, 0) is 54.6 Å². The van der Waals surface area contributed by atoms with E-state index in [1.807, 2.05) is 78.5 Å². The molecule has 5 rings (SSSR count). The van der Waals surface area contributed by atoms with Gasteiger partial charge in [-0.25, -0.2) is 4.98 Å². The molecular formula is C27H23ClN4O3. The molecule has 0 radical (unpaired) electrons. The number of para-hydroxylation sites is 1. The number of anilines is 2. The number of nitrogens with one attached hydrogen (secondary N) is 1. The molecule has 35 heavy (non-hydrogen) atoms. The van der Waals surface area contributed by atoms with Crippen molar-refractivity contribution < 1.29 is 9.47 Å². The van der Waals surface area contributed by atoms with Gasteiger partial charge in [0.15, 0.2) is 22.5 Å². The summed E-state index contributed by atoms with van der Waals surface area (Å²) in [5.74, 6) is 1.22. The minimum Gasteiger partial charge on any atom is -0.493 e. The zero-order valence-corrected chi connectivity index (χ0v) is 20.2. The number of halogens is 1. The molecule has 0 saturated heterocycles. The first-order valence-corrected chi connectivity index (χ1v) is 11.3. The maximum absolute atomic E-state index is 13.8. The third kappa shape index (κ3) is 4.11. The number of aryl methyl sites for hydroxylation is 1. The summed E-state index contributed by atoms with van der Waals surface area (Å²) in [6.45, 7) is 0. The van der Waals surface area contributed by atoms with Crippen molar-refractivity contribution in [2.75, 3.05) is 19.5 Å². The monoisotopic (exact) mass is 486 g/mol. The van der Waals surface area contributed by atoms with Crippen LogP contribution in [0.15, 0.2) is 83.8 Å². The highest BCUT2D eigenvalue weighted by Gasteiger charge is 2.20. The standard InChI is InChI=1S/C27H23ClN4O3/c1-31-14-13-17-15-19(10-11-21(17)31)29-26-27(33)32(20-7-5-4-6-8-20)24(25(28)30-26)18-9-12-22(34-2)23(16-18)35-3/h4-16H,1-3H3,(H,29,30). The lowest BCUT2D eigenvalue weighted by atomic mass is 10.1. The van der Waals surface area contributed by atoms with Crippen LogP contribution in [0.2, 0.25) is 5.15 Å². The van der Waals surface area contributed by atoms with Gasteiger partial charge in [0.25, 0.3) is 5.56 Å². The van der Waals surface area contributed by atoms with E-state index in [0.29, 0.717) is 28.4 Å². The molecule has 8 heteroatoms. The summed E-state index contributed by atoms with van der Waals surface area (Å²) in [7, 11) is 5.11. The molecule has 7 nitrogen and oxygen atoms in total. The Morgan fingerprint density at radius 1 is 0.914 bits per heavy atom. The number of fused-ring (bicyclic) bond motifs is 1. The molecule has 0 aliphatic rings. The van der Waals surface area contributed by atoms with Crippen molar-refractivity contribution in [3.05, 3.63) is 94.5 Å². The molecule has 1 N–H and O–H groups in total. The third-order valence-corrected chi connectivity index (χ3v) is 6.12. The fourth-order valence-electron chi connectivity index (χ4n) is 4.13. The second-order valence-electron chi connectivity index (χ2n) is 7.97. The topological polar surface area (TPSA) is 70.3 Å². The highest BCUT2D eigenvalue weighted by Crippen LogP contribution is 2.35. The molecule has 2 heterocycles. The van der Waals surface area contributed by atoms with E-state index < -0.39 is 0 Å². The van der Waals surface area contributed by atoms with Gasteiger partial charge in [-0.3, -0.25) is 9.36 Å². The molecule has 2 aromatic heterocycles. The van der Waals surface area contributed by atoms with Gasteiger partial charge in [0.1, 0.15) is 0 Å². The first-order chi connectivity index (χ1) is 17.0. The Bertz CT molecular complexity index is 1590. The van der Waals surface area contributed by atoms with Crippen LogP contribution >= 0.6 is 11.6 Å². The predicted molar refractivity (Wildman–Crippen MR) is 140 cm³/mol. The van der Waals surface area contributed by atoms with E-state index in [0.717, 1.165) is 16.6 Å². The van der Waals surface area contributed by atoms with Gasteiger partial charge in [-0.15, -0.1) is 0 Å². The predicted octanol–water partition coefficient (Wildman–Crippen LogP) is 5.81. The van der Waals surface area contributed by atoms with E-state index in [1.54, 1.807) is 30.9 Å². The summed E-state index contributed by atoms with van der Waals surface area (Å²) in [5.41, 5.74) is 3.27. The van der Waals surface area contributed by atoms with Crippen molar-refractivity contribution in [2.24, 2.45) is 7.05 Å². The lowest BCUT2D eigenvalue weighted by molar-refractivity contribution is 0.355. The van der Waals surface area contributed by atoms with E-state index in [9.17, 15) is 4.79 Å². The van der Waals surface area contributed by atoms with Gasteiger partial charge in [0, 0.05) is 41.1 Å². The molecule has 0 atom stereocenters. The Labute approximate surface area is 207 Å². The molecule has 3 aromatic carbocycles. The van der Waals surface area contributed by atoms with Crippen molar-refractivity contribution >= 4 is 34.0 Å². The van der Waals surface area contributed by atoms with Gasteiger partial charge < -0.3 is 19.4 Å². The number of benzene rings is 3. The Balaban J connectivity index is 1.68.